The lowest BCUT2D eigenvalue weighted by atomic mass is 10.3. The Labute approximate surface area is 118 Å². The first kappa shape index (κ1) is 15.6. The van der Waals surface area contributed by atoms with Gasteiger partial charge in [0.1, 0.15) is 6.04 Å². The van der Waals surface area contributed by atoms with Crippen molar-refractivity contribution in [2.24, 2.45) is 0 Å². The van der Waals surface area contributed by atoms with E-state index in [0.717, 1.165) is 11.3 Å². The number of rotatable bonds is 7. The van der Waals surface area contributed by atoms with Crippen LogP contribution in [0.15, 0.2) is 35.2 Å². The van der Waals surface area contributed by atoms with Crippen molar-refractivity contribution in [1.82, 2.24) is 10.6 Å². The van der Waals surface area contributed by atoms with E-state index in [-0.39, 0.29) is 11.8 Å². The van der Waals surface area contributed by atoms with Crippen LogP contribution in [-0.2, 0) is 9.59 Å². The van der Waals surface area contributed by atoms with Gasteiger partial charge in [-0.2, -0.15) is 0 Å². The van der Waals surface area contributed by atoms with Gasteiger partial charge in [0.25, 0.3) is 0 Å². The highest BCUT2D eigenvalue weighted by molar-refractivity contribution is 8.00. The zero-order chi connectivity index (χ0) is 14.1. The van der Waals surface area contributed by atoms with Gasteiger partial charge in [0.15, 0.2) is 0 Å². The molecule has 4 nitrogen and oxygen atoms in total. The van der Waals surface area contributed by atoms with Gasteiger partial charge in [-0.05, 0) is 25.5 Å². The van der Waals surface area contributed by atoms with Crippen LogP contribution in [0.2, 0.25) is 0 Å². The maximum absolute atomic E-state index is 11.7. The summed E-state index contributed by atoms with van der Waals surface area (Å²) in [5.41, 5.74) is 0. The topological polar surface area (TPSA) is 58.2 Å². The predicted molar refractivity (Wildman–Crippen MR) is 78.1 cm³/mol. The molecule has 1 aromatic carbocycles. The lowest BCUT2D eigenvalue weighted by Crippen LogP contribution is -2.45. The normalized spacial score (nSPS) is 11.7. The summed E-state index contributed by atoms with van der Waals surface area (Å²) in [6.07, 6.45) is 0.885. The number of carbonyl (C=O) groups is 2. The summed E-state index contributed by atoms with van der Waals surface area (Å²) in [6, 6.07) is 9.22. The van der Waals surface area contributed by atoms with Gasteiger partial charge in [-0.15, -0.1) is 11.8 Å². The van der Waals surface area contributed by atoms with E-state index in [0.29, 0.717) is 12.3 Å². The number of thioether (sulfide) groups is 1. The molecule has 19 heavy (non-hydrogen) atoms. The van der Waals surface area contributed by atoms with E-state index in [2.05, 4.69) is 10.6 Å². The van der Waals surface area contributed by atoms with Crippen LogP contribution in [0.4, 0.5) is 0 Å². The molecule has 0 aliphatic carbocycles. The van der Waals surface area contributed by atoms with Crippen LogP contribution < -0.4 is 10.6 Å². The van der Waals surface area contributed by atoms with Crippen molar-refractivity contribution >= 4 is 23.6 Å². The molecular weight excluding hydrogens is 260 g/mol. The van der Waals surface area contributed by atoms with Crippen molar-refractivity contribution in [3.63, 3.8) is 0 Å². The van der Waals surface area contributed by atoms with E-state index in [4.69, 9.17) is 0 Å². The maximum Gasteiger partial charge on any atom is 0.242 e. The number of nitrogens with one attached hydrogen (secondary N) is 2. The van der Waals surface area contributed by atoms with Gasteiger partial charge in [-0.25, -0.2) is 0 Å². The van der Waals surface area contributed by atoms with Gasteiger partial charge < -0.3 is 10.6 Å². The molecule has 1 rings (SSSR count). The molecule has 0 aliphatic heterocycles. The van der Waals surface area contributed by atoms with Gasteiger partial charge in [-0.1, -0.05) is 25.1 Å². The van der Waals surface area contributed by atoms with Crippen molar-refractivity contribution in [1.29, 1.82) is 0 Å². The Balaban J connectivity index is 2.29. The molecule has 1 aromatic rings. The van der Waals surface area contributed by atoms with Gasteiger partial charge >= 0.3 is 0 Å². The molecule has 0 radical (unpaired) electrons. The van der Waals surface area contributed by atoms with E-state index in [9.17, 15) is 9.59 Å². The highest BCUT2D eigenvalue weighted by Crippen LogP contribution is 2.16. The van der Waals surface area contributed by atoms with Gasteiger partial charge in [0.05, 0.1) is 5.75 Å². The van der Waals surface area contributed by atoms with E-state index in [1.54, 1.807) is 6.92 Å². The molecule has 0 bridgehead atoms. The first-order valence-electron chi connectivity index (χ1n) is 6.38. The zero-order valence-corrected chi connectivity index (χ0v) is 12.1. The Morgan fingerprint density at radius 1 is 1.26 bits per heavy atom. The van der Waals surface area contributed by atoms with Crippen LogP contribution in [0.25, 0.3) is 0 Å². The third kappa shape index (κ3) is 6.29. The Morgan fingerprint density at radius 3 is 2.58 bits per heavy atom. The summed E-state index contributed by atoms with van der Waals surface area (Å²) in [4.78, 5) is 24.3. The molecule has 0 fully saturated rings. The molecule has 0 heterocycles. The number of benzene rings is 1. The molecule has 5 heteroatoms. The van der Waals surface area contributed by atoms with Crippen LogP contribution in [-0.4, -0.2) is 30.2 Å². The second-order valence-electron chi connectivity index (χ2n) is 4.18. The quantitative estimate of drug-likeness (QED) is 0.749. The lowest BCUT2D eigenvalue weighted by Gasteiger charge is -2.13. The first-order valence-corrected chi connectivity index (χ1v) is 7.37. The molecule has 1 atom stereocenters. The SMILES string of the molecule is CCCNC(=O)[C@H](C)NC(=O)CSc1ccccc1. The predicted octanol–water partition coefficient (Wildman–Crippen LogP) is 1.81. The Hall–Kier alpha value is -1.49. The van der Waals surface area contributed by atoms with E-state index < -0.39 is 6.04 Å². The standard InChI is InChI=1S/C14H20N2O2S/c1-3-9-15-14(18)11(2)16-13(17)10-19-12-7-5-4-6-8-12/h4-8,11H,3,9-10H2,1-2H3,(H,15,18)(H,16,17)/t11-/m0/s1. The summed E-state index contributed by atoms with van der Waals surface area (Å²) in [6.45, 7) is 4.31. The van der Waals surface area contributed by atoms with Crippen molar-refractivity contribution in [3.8, 4) is 0 Å². The van der Waals surface area contributed by atoms with Gasteiger partial charge in [0.2, 0.25) is 11.8 Å². The van der Waals surface area contributed by atoms with Crippen LogP contribution in [0.3, 0.4) is 0 Å². The minimum atomic E-state index is -0.490. The third-order valence-corrected chi connectivity index (χ3v) is 3.45. The largest absolute Gasteiger partial charge is 0.354 e. The van der Waals surface area contributed by atoms with Crippen molar-refractivity contribution in [3.05, 3.63) is 30.3 Å². The molecular formula is C14H20N2O2S. The van der Waals surface area contributed by atoms with Crippen LogP contribution in [0, 0.1) is 0 Å². The van der Waals surface area contributed by atoms with Crippen molar-refractivity contribution in [2.75, 3.05) is 12.3 Å². The Kier molecular flexibility index (Phi) is 7.03. The fourth-order valence-electron chi connectivity index (χ4n) is 1.42. The summed E-state index contributed by atoms with van der Waals surface area (Å²) >= 11 is 1.46. The molecule has 0 aromatic heterocycles. The minimum absolute atomic E-state index is 0.131. The Morgan fingerprint density at radius 2 is 1.95 bits per heavy atom. The molecule has 2 amide bonds. The smallest absolute Gasteiger partial charge is 0.242 e. The van der Waals surface area contributed by atoms with Crippen LogP contribution >= 0.6 is 11.8 Å². The fourth-order valence-corrected chi connectivity index (χ4v) is 2.15. The van der Waals surface area contributed by atoms with Crippen molar-refractivity contribution in [2.45, 2.75) is 31.2 Å². The average Bonchev–Trinajstić information content (AvgIpc) is 2.43. The Bertz CT molecular complexity index is 409. The maximum atomic E-state index is 11.7. The summed E-state index contributed by atoms with van der Waals surface area (Å²) in [7, 11) is 0. The number of hydrogen-bond donors (Lipinski definition) is 2. The molecule has 2 N–H and O–H groups in total. The first-order chi connectivity index (χ1) is 9.13. The molecule has 0 unspecified atom stereocenters. The molecule has 0 saturated heterocycles. The van der Waals surface area contributed by atoms with Gasteiger partial charge in [0, 0.05) is 11.4 Å². The van der Waals surface area contributed by atoms with Crippen molar-refractivity contribution < 1.29 is 9.59 Å². The summed E-state index contributed by atoms with van der Waals surface area (Å²) in [5.74, 6) is 0.0444. The fraction of sp³-hybridized carbons (Fsp3) is 0.429. The lowest BCUT2D eigenvalue weighted by molar-refractivity contribution is -0.127. The zero-order valence-electron chi connectivity index (χ0n) is 11.3. The number of carbonyl (C=O) groups excluding carboxylic acids is 2. The highest BCUT2D eigenvalue weighted by atomic mass is 32.2. The second kappa shape index (κ2) is 8.58. The summed E-state index contributed by atoms with van der Waals surface area (Å²) in [5, 5.41) is 5.44. The van der Waals surface area contributed by atoms with E-state index in [1.807, 2.05) is 37.3 Å². The van der Waals surface area contributed by atoms with E-state index in [1.165, 1.54) is 11.8 Å². The third-order valence-electron chi connectivity index (χ3n) is 2.43. The van der Waals surface area contributed by atoms with Crippen LogP contribution in [0.1, 0.15) is 20.3 Å². The van der Waals surface area contributed by atoms with Gasteiger partial charge in [-0.3, -0.25) is 9.59 Å². The monoisotopic (exact) mass is 280 g/mol. The number of hydrogen-bond acceptors (Lipinski definition) is 3. The highest BCUT2D eigenvalue weighted by Gasteiger charge is 2.14. The van der Waals surface area contributed by atoms with Crippen LogP contribution in [0.5, 0.6) is 0 Å². The summed E-state index contributed by atoms with van der Waals surface area (Å²) < 4.78 is 0. The van der Waals surface area contributed by atoms with E-state index >= 15 is 0 Å². The number of amides is 2. The molecule has 104 valence electrons. The molecule has 0 saturated carbocycles. The molecule has 0 aliphatic rings. The molecule has 0 spiro atoms. The minimum Gasteiger partial charge on any atom is -0.354 e. The second-order valence-corrected chi connectivity index (χ2v) is 5.23. The average molecular weight is 280 g/mol.